The van der Waals surface area contributed by atoms with E-state index in [-0.39, 0.29) is 18.6 Å². The van der Waals surface area contributed by atoms with Crippen LogP contribution in [0.5, 0.6) is 0 Å². The molecular formula is C11H14BrNO3. The summed E-state index contributed by atoms with van der Waals surface area (Å²) in [5.74, 6) is 0.354. The molecule has 2 N–H and O–H groups in total. The second-order valence-corrected chi connectivity index (χ2v) is 4.05. The van der Waals surface area contributed by atoms with Crippen LogP contribution in [-0.2, 0) is 4.79 Å². The molecule has 88 valence electrons. The second kappa shape index (κ2) is 6.50. The highest BCUT2D eigenvalue weighted by Gasteiger charge is 2.06. The molecule has 0 spiro atoms. The van der Waals surface area contributed by atoms with E-state index in [1.807, 2.05) is 6.92 Å². The Balaban J connectivity index is 2.48. The zero-order valence-electron chi connectivity index (χ0n) is 8.94. The van der Waals surface area contributed by atoms with Crippen LogP contribution < -0.4 is 5.32 Å². The molecule has 0 aromatic carbocycles. The van der Waals surface area contributed by atoms with Gasteiger partial charge in [0.2, 0.25) is 5.91 Å². The molecule has 1 heterocycles. The van der Waals surface area contributed by atoms with Crippen molar-refractivity contribution in [2.24, 2.45) is 0 Å². The summed E-state index contributed by atoms with van der Waals surface area (Å²) in [6, 6.07) is 3.30. The first-order chi connectivity index (χ1) is 7.65. The summed E-state index contributed by atoms with van der Waals surface area (Å²) >= 11 is 3.17. The number of rotatable bonds is 5. The van der Waals surface area contributed by atoms with Gasteiger partial charge in [0.05, 0.1) is 12.6 Å². The number of amides is 1. The van der Waals surface area contributed by atoms with Crippen LogP contribution in [0.3, 0.4) is 0 Å². The molecule has 16 heavy (non-hydrogen) atoms. The van der Waals surface area contributed by atoms with Crippen molar-refractivity contribution in [2.75, 3.05) is 6.61 Å². The molecular weight excluding hydrogens is 274 g/mol. The van der Waals surface area contributed by atoms with Gasteiger partial charge >= 0.3 is 0 Å². The van der Waals surface area contributed by atoms with E-state index in [4.69, 9.17) is 9.52 Å². The third kappa shape index (κ3) is 4.20. The quantitative estimate of drug-likeness (QED) is 0.814. The van der Waals surface area contributed by atoms with Crippen LogP contribution in [0.4, 0.5) is 0 Å². The molecule has 0 aliphatic heterocycles. The van der Waals surface area contributed by atoms with E-state index in [1.54, 1.807) is 18.2 Å². The van der Waals surface area contributed by atoms with Gasteiger partial charge in [0.15, 0.2) is 4.67 Å². The van der Waals surface area contributed by atoms with E-state index in [2.05, 4.69) is 21.2 Å². The first kappa shape index (κ1) is 13.0. The van der Waals surface area contributed by atoms with Crippen molar-refractivity contribution in [3.05, 3.63) is 28.6 Å². The summed E-state index contributed by atoms with van der Waals surface area (Å²) in [6.45, 7) is 1.84. The Bertz CT molecular complexity index is 369. The van der Waals surface area contributed by atoms with Gasteiger partial charge in [0, 0.05) is 6.08 Å². The number of aliphatic hydroxyl groups is 1. The van der Waals surface area contributed by atoms with E-state index < -0.39 is 0 Å². The van der Waals surface area contributed by atoms with E-state index in [1.165, 1.54) is 6.08 Å². The van der Waals surface area contributed by atoms with E-state index >= 15 is 0 Å². The van der Waals surface area contributed by atoms with Crippen LogP contribution in [0, 0.1) is 0 Å². The highest BCUT2D eigenvalue weighted by atomic mass is 79.9. The first-order valence-corrected chi connectivity index (χ1v) is 5.79. The molecule has 0 radical (unpaired) electrons. The minimum absolute atomic E-state index is 0.0532. The van der Waals surface area contributed by atoms with Gasteiger partial charge in [-0.1, -0.05) is 6.92 Å². The van der Waals surface area contributed by atoms with Gasteiger partial charge in [-0.05, 0) is 40.6 Å². The van der Waals surface area contributed by atoms with Crippen molar-refractivity contribution in [3.63, 3.8) is 0 Å². The van der Waals surface area contributed by atoms with Crippen molar-refractivity contribution in [3.8, 4) is 0 Å². The summed E-state index contributed by atoms with van der Waals surface area (Å²) in [5.41, 5.74) is 0. The zero-order chi connectivity index (χ0) is 12.0. The van der Waals surface area contributed by atoms with Crippen LogP contribution in [0.2, 0.25) is 0 Å². The molecule has 1 atom stereocenters. The van der Waals surface area contributed by atoms with Crippen molar-refractivity contribution in [2.45, 2.75) is 19.4 Å². The van der Waals surface area contributed by atoms with Crippen LogP contribution in [-0.4, -0.2) is 23.7 Å². The number of furan rings is 1. The van der Waals surface area contributed by atoms with E-state index in [0.717, 1.165) is 0 Å². The Labute approximate surface area is 102 Å². The zero-order valence-corrected chi connectivity index (χ0v) is 10.5. The van der Waals surface area contributed by atoms with Crippen molar-refractivity contribution in [1.29, 1.82) is 0 Å². The summed E-state index contributed by atoms with van der Waals surface area (Å²) < 4.78 is 5.81. The Morgan fingerprint density at radius 3 is 2.94 bits per heavy atom. The predicted octanol–water partition coefficient (Wildman–Crippen LogP) is 1.94. The summed E-state index contributed by atoms with van der Waals surface area (Å²) in [6.07, 6.45) is 3.65. The fourth-order valence-corrected chi connectivity index (χ4v) is 1.42. The molecule has 0 saturated heterocycles. The van der Waals surface area contributed by atoms with Gasteiger partial charge in [0.25, 0.3) is 0 Å². The van der Waals surface area contributed by atoms with Gasteiger partial charge in [0.1, 0.15) is 5.76 Å². The maximum absolute atomic E-state index is 11.4. The van der Waals surface area contributed by atoms with Crippen LogP contribution in [0.1, 0.15) is 19.1 Å². The van der Waals surface area contributed by atoms with E-state index in [0.29, 0.717) is 16.9 Å². The maximum atomic E-state index is 11.4. The molecule has 0 bridgehead atoms. The van der Waals surface area contributed by atoms with Gasteiger partial charge in [-0.25, -0.2) is 0 Å². The number of nitrogens with one attached hydrogen (secondary N) is 1. The number of halogens is 1. The van der Waals surface area contributed by atoms with Crippen LogP contribution >= 0.6 is 15.9 Å². The lowest BCUT2D eigenvalue weighted by molar-refractivity contribution is -0.117. The van der Waals surface area contributed by atoms with Gasteiger partial charge in [-0.2, -0.15) is 0 Å². The smallest absolute Gasteiger partial charge is 0.244 e. The molecule has 0 unspecified atom stereocenters. The topological polar surface area (TPSA) is 62.5 Å². The third-order valence-corrected chi connectivity index (χ3v) is 2.48. The monoisotopic (exact) mass is 287 g/mol. The average molecular weight is 288 g/mol. The number of carbonyl (C=O) groups is 1. The average Bonchev–Trinajstić information content (AvgIpc) is 2.69. The molecule has 0 fully saturated rings. The molecule has 1 rings (SSSR count). The van der Waals surface area contributed by atoms with Crippen molar-refractivity contribution < 1.29 is 14.3 Å². The molecule has 1 aromatic heterocycles. The lowest BCUT2D eigenvalue weighted by Gasteiger charge is -2.11. The van der Waals surface area contributed by atoms with Crippen molar-refractivity contribution >= 4 is 27.9 Å². The molecule has 4 nitrogen and oxygen atoms in total. The highest BCUT2D eigenvalue weighted by Crippen LogP contribution is 2.14. The van der Waals surface area contributed by atoms with Gasteiger partial charge in [-0.3, -0.25) is 4.79 Å². The molecule has 1 amide bonds. The fourth-order valence-electron chi connectivity index (χ4n) is 1.10. The number of hydrogen-bond donors (Lipinski definition) is 2. The van der Waals surface area contributed by atoms with Crippen LogP contribution in [0.25, 0.3) is 6.08 Å². The number of aliphatic hydroxyl groups excluding tert-OH is 1. The number of carbonyl (C=O) groups excluding carboxylic acids is 1. The Hall–Kier alpha value is -1.07. The minimum atomic E-state index is -0.242. The maximum Gasteiger partial charge on any atom is 0.244 e. The lowest BCUT2D eigenvalue weighted by Crippen LogP contribution is -2.35. The third-order valence-electron chi connectivity index (χ3n) is 2.05. The summed E-state index contributed by atoms with van der Waals surface area (Å²) in [7, 11) is 0. The molecule has 0 aliphatic carbocycles. The van der Waals surface area contributed by atoms with Gasteiger partial charge < -0.3 is 14.8 Å². The molecule has 0 aliphatic rings. The summed E-state index contributed by atoms with van der Waals surface area (Å²) in [5, 5.41) is 11.6. The van der Waals surface area contributed by atoms with Gasteiger partial charge in [-0.15, -0.1) is 0 Å². The molecule has 5 heteroatoms. The van der Waals surface area contributed by atoms with E-state index in [9.17, 15) is 4.79 Å². The minimum Gasteiger partial charge on any atom is -0.450 e. The Morgan fingerprint density at radius 1 is 1.69 bits per heavy atom. The SMILES string of the molecule is CC[C@@H](CO)NC(=O)/C=C/c1ccc(Br)o1. The largest absolute Gasteiger partial charge is 0.450 e. The Morgan fingerprint density at radius 2 is 2.44 bits per heavy atom. The van der Waals surface area contributed by atoms with Crippen molar-refractivity contribution in [1.82, 2.24) is 5.32 Å². The highest BCUT2D eigenvalue weighted by molar-refractivity contribution is 9.10. The number of hydrogen-bond acceptors (Lipinski definition) is 3. The Kier molecular flexibility index (Phi) is 5.28. The molecule has 0 saturated carbocycles. The standard InChI is InChI=1S/C11H14BrNO3/c1-2-8(7-14)13-11(15)6-4-9-3-5-10(12)16-9/h3-6,8,14H,2,7H2,1H3,(H,13,15)/b6-4+/t8-/m0/s1. The summed E-state index contributed by atoms with van der Waals surface area (Å²) in [4.78, 5) is 11.4. The van der Waals surface area contributed by atoms with Crippen LogP contribution in [0.15, 0.2) is 27.3 Å². The predicted molar refractivity (Wildman–Crippen MR) is 64.7 cm³/mol. The normalized spacial score (nSPS) is 12.9. The second-order valence-electron chi connectivity index (χ2n) is 3.27. The lowest BCUT2D eigenvalue weighted by atomic mass is 10.2. The first-order valence-electron chi connectivity index (χ1n) is 5.00. The fraction of sp³-hybridized carbons (Fsp3) is 0.364. The molecule has 1 aromatic rings.